The average molecular weight is 538 g/mol. The summed E-state index contributed by atoms with van der Waals surface area (Å²) in [6.45, 7) is -0.284. The van der Waals surface area contributed by atoms with E-state index in [1.165, 1.54) is 19.4 Å². The minimum atomic E-state index is -4.55. The molecular formula is C18H13Br2F3N2O4. The molecule has 1 amide bonds. The van der Waals surface area contributed by atoms with E-state index in [-0.39, 0.29) is 12.2 Å². The number of alkyl halides is 3. The van der Waals surface area contributed by atoms with E-state index >= 15 is 0 Å². The molecule has 0 aliphatic heterocycles. The Labute approximate surface area is 180 Å². The second-order valence-corrected chi connectivity index (χ2v) is 7.16. The molecule has 0 aliphatic carbocycles. The fourth-order valence-electron chi connectivity index (χ4n) is 2.05. The second-order valence-electron chi connectivity index (χ2n) is 5.46. The normalized spacial score (nSPS) is 11.4. The van der Waals surface area contributed by atoms with Crippen molar-refractivity contribution in [3.05, 3.63) is 62.0 Å². The highest BCUT2D eigenvalue weighted by atomic mass is 79.9. The number of amides is 1. The number of halogens is 5. The highest BCUT2D eigenvalue weighted by molar-refractivity contribution is 9.11. The Morgan fingerprint density at radius 3 is 2.41 bits per heavy atom. The Morgan fingerprint density at radius 2 is 1.83 bits per heavy atom. The van der Waals surface area contributed by atoms with E-state index in [0.717, 1.165) is 18.2 Å². The fraction of sp³-hybridized carbons (Fsp3) is 0.167. The summed E-state index contributed by atoms with van der Waals surface area (Å²) in [4.78, 5) is 23.2. The van der Waals surface area contributed by atoms with E-state index in [0.29, 0.717) is 20.3 Å². The number of nitrogens with one attached hydrogen (secondary N) is 1. The van der Waals surface area contributed by atoms with E-state index in [2.05, 4.69) is 47.1 Å². The first-order valence-electron chi connectivity index (χ1n) is 7.81. The Hall–Kier alpha value is -2.40. The lowest BCUT2D eigenvalue weighted by Gasteiger charge is -2.10. The lowest BCUT2D eigenvalue weighted by molar-refractivity contribution is -0.143. The zero-order valence-corrected chi connectivity index (χ0v) is 17.9. The smallest absolute Gasteiger partial charge is 0.416 e. The quantitative estimate of drug-likeness (QED) is 0.333. The molecule has 2 aromatic rings. The molecule has 11 heteroatoms. The molecule has 0 aliphatic rings. The van der Waals surface area contributed by atoms with Gasteiger partial charge in [0.1, 0.15) is 5.75 Å². The van der Waals surface area contributed by atoms with E-state index < -0.39 is 23.6 Å². The van der Waals surface area contributed by atoms with Gasteiger partial charge in [0.2, 0.25) is 0 Å². The van der Waals surface area contributed by atoms with Crippen molar-refractivity contribution in [3.8, 4) is 5.75 Å². The Morgan fingerprint density at radius 1 is 1.17 bits per heavy atom. The van der Waals surface area contributed by atoms with E-state index in [1.807, 2.05) is 0 Å². The minimum Gasteiger partial charge on any atom is -0.480 e. The number of nitrogens with zero attached hydrogens (tertiary/aromatic N) is 1. The molecule has 0 heterocycles. The van der Waals surface area contributed by atoms with Crippen LogP contribution in [0.1, 0.15) is 21.5 Å². The number of methoxy groups -OCH3 is 1. The number of benzene rings is 2. The van der Waals surface area contributed by atoms with Crippen LogP contribution in [0.25, 0.3) is 0 Å². The molecule has 0 fully saturated rings. The number of rotatable bonds is 6. The molecule has 0 spiro atoms. The van der Waals surface area contributed by atoms with Crippen LogP contribution in [0.5, 0.6) is 5.75 Å². The third kappa shape index (κ3) is 6.57. The highest BCUT2D eigenvalue weighted by Crippen LogP contribution is 2.34. The number of carbonyl (C=O) groups excluding carboxylic acids is 2. The first-order chi connectivity index (χ1) is 13.6. The maximum Gasteiger partial charge on any atom is 0.416 e. The number of carbonyl (C=O) groups is 2. The minimum absolute atomic E-state index is 0.175. The number of hydrogen-bond acceptors (Lipinski definition) is 5. The van der Waals surface area contributed by atoms with Crippen LogP contribution in [0.15, 0.2) is 50.4 Å². The zero-order chi connectivity index (χ0) is 21.6. The number of esters is 1. The van der Waals surface area contributed by atoms with E-state index in [4.69, 9.17) is 4.74 Å². The summed E-state index contributed by atoms with van der Waals surface area (Å²) >= 11 is 6.58. The molecule has 0 saturated heterocycles. The van der Waals surface area contributed by atoms with Crippen molar-refractivity contribution >= 4 is 50.0 Å². The second kappa shape index (κ2) is 9.88. The fourth-order valence-corrected chi connectivity index (χ4v) is 3.50. The first-order valence-corrected chi connectivity index (χ1v) is 9.39. The summed E-state index contributed by atoms with van der Waals surface area (Å²) in [5, 5.41) is 3.75. The molecule has 0 unspecified atom stereocenters. The lowest BCUT2D eigenvalue weighted by Crippen LogP contribution is -2.18. The molecule has 0 radical (unpaired) electrons. The average Bonchev–Trinajstić information content (AvgIpc) is 2.66. The molecule has 0 bridgehead atoms. The van der Waals surface area contributed by atoms with Gasteiger partial charge in [-0.3, -0.25) is 4.79 Å². The Balaban J connectivity index is 2.07. The summed E-state index contributed by atoms with van der Waals surface area (Å²) in [6, 6.07) is 7.22. The van der Waals surface area contributed by atoms with Crippen LogP contribution in [0.4, 0.5) is 13.2 Å². The molecule has 0 aromatic heterocycles. The number of ether oxygens (including phenoxy) is 2. The van der Waals surface area contributed by atoms with Crippen LogP contribution < -0.4 is 10.2 Å². The van der Waals surface area contributed by atoms with Gasteiger partial charge < -0.3 is 9.47 Å². The van der Waals surface area contributed by atoms with Crippen molar-refractivity contribution in [2.75, 3.05) is 13.7 Å². The molecule has 2 aromatic carbocycles. The summed E-state index contributed by atoms with van der Waals surface area (Å²) in [5.74, 6) is -0.976. The molecular weight excluding hydrogens is 525 g/mol. The number of hydrazone groups is 1. The topological polar surface area (TPSA) is 77.0 Å². The van der Waals surface area contributed by atoms with Crippen molar-refractivity contribution in [3.63, 3.8) is 0 Å². The molecule has 1 N–H and O–H groups in total. The van der Waals surface area contributed by atoms with Gasteiger partial charge in [0.25, 0.3) is 5.91 Å². The van der Waals surface area contributed by atoms with Gasteiger partial charge >= 0.3 is 12.1 Å². The molecule has 0 saturated carbocycles. The molecule has 2 rings (SSSR count). The van der Waals surface area contributed by atoms with Crippen molar-refractivity contribution in [1.82, 2.24) is 5.43 Å². The van der Waals surface area contributed by atoms with Crippen LogP contribution in [-0.4, -0.2) is 31.8 Å². The van der Waals surface area contributed by atoms with Crippen molar-refractivity contribution in [2.45, 2.75) is 6.18 Å². The summed E-state index contributed by atoms with van der Waals surface area (Å²) in [5.41, 5.74) is 1.61. The van der Waals surface area contributed by atoms with Crippen LogP contribution in [0, 0.1) is 0 Å². The van der Waals surface area contributed by atoms with Gasteiger partial charge in [-0.15, -0.1) is 0 Å². The summed E-state index contributed by atoms with van der Waals surface area (Å²) < 4.78 is 49.0. The summed E-state index contributed by atoms with van der Waals surface area (Å²) in [6.07, 6.45) is -3.25. The maximum absolute atomic E-state index is 12.7. The van der Waals surface area contributed by atoms with Gasteiger partial charge in [0.05, 0.1) is 27.8 Å². The molecule has 29 heavy (non-hydrogen) atoms. The monoisotopic (exact) mass is 536 g/mol. The van der Waals surface area contributed by atoms with Gasteiger partial charge in [0, 0.05) is 5.56 Å². The first kappa shape index (κ1) is 22.9. The Kier molecular flexibility index (Phi) is 7.80. The molecule has 154 valence electrons. The van der Waals surface area contributed by atoms with Crippen LogP contribution in [-0.2, 0) is 15.7 Å². The van der Waals surface area contributed by atoms with Gasteiger partial charge in [-0.25, -0.2) is 10.2 Å². The number of hydrogen-bond donors (Lipinski definition) is 1. The van der Waals surface area contributed by atoms with Crippen LogP contribution >= 0.6 is 31.9 Å². The van der Waals surface area contributed by atoms with Crippen molar-refractivity contribution in [1.29, 1.82) is 0 Å². The van der Waals surface area contributed by atoms with Gasteiger partial charge in [-0.05, 0) is 67.8 Å². The van der Waals surface area contributed by atoms with E-state index in [9.17, 15) is 22.8 Å². The van der Waals surface area contributed by atoms with Gasteiger partial charge in [0.15, 0.2) is 6.61 Å². The van der Waals surface area contributed by atoms with Gasteiger partial charge in [-0.2, -0.15) is 18.3 Å². The van der Waals surface area contributed by atoms with Crippen molar-refractivity contribution in [2.24, 2.45) is 5.10 Å². The predicted molar refractivity (Wildman–Crippen MR) is 106 cm³/mol. The van der Waals surface area contributed by atoms with E-state index in [1.54, 1.807) is 12.1 Å². The highest BCUT2D eigenvalue weighted by Gasteiger charge is 2.30. The largest absolute Gasteiger partial charge is 0.480 e. The standard InChI is InChI=1S/C18H13Br2F3N2O4/c1-28-15(26)9-29-16-13(19)5-10(6-14(16)20)8-24-25-17(27)11-3-2-4-12(7-11)18(21,22)23/h2-8H,9H2,1H3,(H,25,27)/b24-8-. The van der Waals surface area contributed by atoms with Gasteiger partial charge in [-0.1, -0.05) is 6.07 Å². The van der Waals surface area contributed by atoms with Crippen LogP contribution in [0.3, 0.4) is 0 Å². The SMILES string of the molecule is COC(=O)COc1c(Br)cc(/C=N\NC(=O)c2cccc(C(F)(F)F)c2)cc1Br. The summed E-state index contributed by atoms with van der Waals surface area (Å²) in [7, 11) is 1.24. The molecule has 0 atom stereocenters. The zero-order valence-electron chi connectivity index (χ0n) is 14.7. The lowest BCUT2D eigenvalue weighted by atomic mass is 10.1. The predicted octanol–water partition coefficient (Wildman–Crippen LogP) is 4.55. The van der Waals surface area contributed by atoms with Crippen molar-refractivity contribution < 1.29 is 32.2 Å². The Bertz CT molecular complexity index is 926. The third-order valence-corrected chi connectivity index (χ3v) is 4.59. The third-order valence-electron chi connectivity index (χ3n) is 3.41. The molecule has 6 nitrogen and oxygen atoms in total. The van der Waals surface area contributed by atoms with Crippen LogP contribution in [0.2, 0.25) is 0 Å². The maximum atomic E-state index is 12.7.